The fourth-order valence-electron chi connectivity index (χ4n) is 2.82. The molecule has 7 nitrogen and oxygen atoms in total. The Labute approximate surface area is 175 Å². The Balaban J connectivity index is 1.54. The Morgan fingerprint density at radius 2 is 1.93 bits per heavy atom. The molecule has 1 fully saturated rings. The molecule has 2 aromatic carbocycles. The van der Waals surface area contributed by atoms with E-state index < -0.39 is 18.7 Å². The van der Waals surface area contributed by atoms with Gasteiger partial charge in [-0.15, -0.1) is 0 Å². The minimum absolute atomic E-state index is 0.0144. The van der Waals surface area contributed by atoms with Gasteiger partial charge in [0.1, 0.15) is 5.75 Å². The molecule has 10 heteroatoms. The average molecular weight is 435 g/mol. The van der Waals surface area contributed by atoms with Gasteiger partial charge in [0.25, 0.3) is 5.24 Å². The number of urea groups is 1. The number of ether oxygens (including phenoxy) is 1. The van der Waals surface area contributed by atoms with E-state index in [0.717, 1.165) is 17.3 Å². The lowest BCUT2D eigenvalue weighted by atomic mass is 10.1. The van der Waals surface area contributed by atoms with Gasteiger partial charge in [-0.25, -0.2) is 4.79 Å². The lowest BCUT2D eigenvalue weighted by molar-refractivity contribution is -0.125. The van der Waals surface area contributed by atoms with Crippen molar-refractivity contribution in [3.8, 4) is 5.75 Å². The average Bonchev–Trinajstić information content (AvgIpc) is 3.01. The number of amides is 4. The van der Waals surface area contributed by atoms with E-state index in [1.807, 2.05) is 0 Å². The molecule has 4 amide bonds. The number of anilines is 1. The van der Waals surface area contributed by atoms with Crippen LogP contribution in [0.1, 0.15) is 24.1 Å². The molecule has 0 aliphatic carbocycles. The van der Waals surface area contributed by atoms with Gasteiger partial charge in [0, 0.05) is 5.69 Å². The number of imide groups is 1. The van der Waals surface area contributed by atoms with E-state index in [4.69, 9.17) is 0 Å². The van der Waals surface area contributed by atoms with Crippen molar-refractivity contribution in [3.63, 3.8) is 0 Å². The minimum Gasteiger partial charge on any atom is -0.435 e. The van der Waals surface area contributed by atoms with Crippen LogP contribution in [-0.4, -0.2) is 34.4 Å². The summed E-state index contributed by atoms with van der Waals surface area (Å²) in [4.78, 5) is 36.7. The highest BCUT2D eigenvalue weighted by Gasteiger charge is 2.29. The standard InChI is InChI=1S/C20H19F2N3O4S/c1-12(14-3-2-4-16(9-14)29-18(21)22)23-19(27)24-15-7-5-13(6-8-15)10-25-17(26)11-30-20(25)28/h2-9,12,18H,10-11H2,1H3,(H2,23,24,27). The number of hydrogen-bond donors (Lipinski definition) is 2. The number of nitrogens with zero attached hydrogens (tertiary/aromatic N) is 1. The summed E-state index contributed by atoms with van der Waals surface area (Å²) >= 11 is 0.979. The van der Waals surface area contributed by atoms with E-state index in [0.29, 0.717) is 11.3 Å². The van der Waals surface area contributed by atoms with Gasteiger partial charge in [0.15, 0.2) is 0 Å². The number of nitrogens with one attached hydrogen (secondary N) is 2. The lowest BCUT2D eigenvalue weighted by Gasteiger charge is -2.16. The number of carbonyl (C=O) groups is 3. The summed E-state index contributed by atoms with van der Waals surface area (Å²) in [5.41, 5.74) is 1.89. The van der Waals surface area contributed by atoms with Crippen LogP contribution in [0.15, 0.2) is 48.5 Å². The summed E-state index contributed by atoms with van der Waals surface area (Å²) in [5.74, 6) is -0.0438. The van der Waals surface area contributed by atoms with Gasteiger partial charge < -0.3 is 15.4 Å². The maximum absolute atomic E-state index is 12.3. The zero-order valence-corrected chi connectivity index (χ0v) is 16.7. The van der Waals surface area contributed by atoms with Crippen LogP contribution in [0, 0.1) is 0 Å². The molecule has 0 bridgehead atoms. The monoisotopic (exact) mass is 435 g/mol. The second-order valence-corrected chi connectivity index (χ2v) is 7.43. The quantitative estimate of drug-likeness (QED) is 0.675. The van der Waals surface area contributed by atoms with Gasteiger partial charge in [-0.05, 0) is 42.3 Å². The van der Waals surface area contributed by atoms with Crippen LogP contribution in [0.3, 0.4) is 0 Å². The van der Waals surface area contributed by atoms with Gasteiger partial charge in [0.2, 0.25) is 5.91 Å². The fourth-order valence-corrected chi connectivity index (χ4v) is 3.54. The zero-order valence-electron chi connectivity index (χ0n) is 15.9. The van der Waals surface area contributed by atoms with Gasteiger partial charge in [-0.1, -0.05) is 36.0 Å². The van der Waals surface area contributed by atoms with Crippen molar-refractivity contribution in [1.29, 1.82) is 0 Å². The third-order valence-electron chi connectivity index (χ3n) is 4.32. The van der Waals surface area contributed by atoms with Crippen LogP contribution in [-0.2, 0) is 11.3 Å². The Bertz CT molecular complexity index is 924. The molecule has 1 atom stereocenters. The first-order valence-electron chi connectivity index (χ1n) is 9.00. The van der Waals surface area contributed by atoms with E-state index >= 15 is 0 Å². The zero-order chi connectivity index (χ0) is 21.7. The smallest absolute Gasteiger partial charge is 0.387 e. The van der Waals surface area contributed by atoms with Crippen molar-refractivity contribution in [3.05, 3.63) is 59.7 Å². The summed E-state index contributed by atoms with van der Waals surface area (Å²) in [7, 11) is 0. The summed E-state index contributed by atoms with van der Waals surface area (Å²) < 4.78 is 29.1. The second kappa shape index (κ2) is 9.57. The maximum Gasteiger partial charge on any atom is 0.387 e. The molecule has 1 unspecified atom stereocenters. The second-order valence-electron chi connectivity index (χ2n) is 6.50. The number of alkyl halides is 2. The number of thioether (sulfide) groups is 1. The van der Waals surface area contributed by atoms with Crippen LogP contribution in [0.4, 0.5) is 24.1 Å². The first-order chi connectivity index (χ1) is 14.3. The number of carbonyl (C=O) groups excluding carboxylic acids is 3. The highest BCUT2D eigenvalue weighted by atomic mass is 32.2. The van der Waals surface area contributed by atoms with Crippen LogP contribution in [0.5, 0.6) is 5.75 Å². The molecule has 1 heterocycles. The normalized spacial score (nSPS) is 14.7. The van der Waals surface area contributed by atoms with Crippen molar-refractivity contribution in [2.45, 2.75) is 26.1 Å². The molecule has 2 N–H and O–H groups in total. The van der Waals surface area contributed by atoms with Gasteiger partial charge in [0.05, 0.1) is 18.3 Å². The van der Waals surface area contributed by atoms with E-state index in [2.05, 4.69) is 15.4 Å². The molecule has 1 aliphatic rings. The highest BCUT2D eigenvalue weighted by Crippen LogP contribution is 2.23. The third-order valence-corrected chi connectivity index (χ3v) is 5.18. The predicted molar refractivity (Wildman–Crippen MR) is 108 cm³/mol. The van der Waals surface area contributed by atoms with Crippen molar-refractivity contribution >= 4 is 34.6 Å². The van der Waals surface area contributed by atoms with Gasteiger partial charge >= 0.3 is 12.6 Å². The summed E-state index contributed by atoms with van der Waals surface area (Å²) in [6.45, 7) is -1.02. The molecule has 158 valence electrons. The molecule has 2 aromatic rings. The summed E-state index contributed by atoms with van der Waals surface area (Å²) in [6, 6.07) is 11.9. The van der Waals surface area contributed by atoms with Crippen LogP contribution >= 0.6 is 11.8 Å². The number of halogens is 2. The third kappa shape index (κ3) is 5.69. The van der Waals surface area contributed by atoms with Crippen LogP contribution < -0.4 is 15.4 Å². The minimum atomic E-state index is -2.92. The van der Waals surface area contributed by atoms with Crippen LogP contribution in [0.25, 0.3) is 0 Å². The van der Waals surface area contributed by atoms with Crippen molar-refractivity contribution < 1.29 is 27.9 Å². The Morgan fingerprint density at radius 1 is 1.20 bits per heavy atom. The molecule has 0 aromatic heterocycles. The van der Waals surface area contributed by atoms with E-state index in [9.17, 15) is 23.2 Å². The van der Waals surface area contributed by atoms with Crippen molar-refractivity contribution in [1.82, 2.24) is 10.2 Å². The molecule has 3 rings (SSSR count). The maximum atomic E-state index is 12.3. The first-order valence-corrected chi connectivity index (χ1v) is 9.99. The van der Waals surface area contributed by atoms with E-state index in [1.165, 1.54) is 17.0 Å². The molecule has 1 saturated heterocycles. The first kappa shape index (κ1) is 21.6. The largest absolute Gasteiger partial charge is 0.435 e. The van der Waals surface area contributed by atoms with Crippen LogP contribution in [0.2, 0.25) is 0 Å². The highest BCUT2D eigenvalue weighted by molar-refractivity contribution is 8.14. The number of benzene rings is 2. The van der Waals surface area contributed by atoms with Gasteiger partial charge in [-0.2, -0.15) is 8.78 Å². The number of hydrogen-bond acceptors (Lipinski definition) is 5. The molecule has 0 saturated carbocycles. The summed E-state index contributed by atoms with van der Waals surface area (Å²) in [5, 5.41) is 5.13. The van der Waals surface area contributed by atoms with E-state index in [1.54, 1.807) is 43.3 Å². The Morgan fingerprint density at radius 3 is 2.57 bits per heavy atom. The molecular formula is C20H19F2N3O4S. The van der Waals surface area contributed by atoms with Crippen molar-refractivity contribution in [2.75, 3.05) is 11.1 Å². The van der Waals surface area contributed by atoms with Gasteiger partial charge in [-0.3, -0.25) is 14.5 Å². The lowest BCUT2D eigenvalue weighted by Crippen LogP contribution is -2.31. The molecule has 1 aliphatic heterocycles. The molecule has 30 heavy (non-hydrogen) atoms. The number of rotatable bonds is 7. The SMILES string of the molecule is CC(NC(=O)Nc1ccc(CN2C(=O)CSC2=O)cc1)c1cccc(OC(F)F)c1. The molecule has 0 spiro atoms. The van der Waals surface area contributed by atoms with E-state index in [-0.39, 0.29) is 29.2 Å². The fraction of sp³-hybridized carbons (Fsp3) is 0.250. The topological polar surface area (TPSA) is 87.7 Å². The predicted octanol–water partition coefficient (Wildman–Crippen LogP) is 4.37. The van der Waals surface area contributed by atoms with Crippen molar-refractivity contribution in [2.24, 2.45) is 0 Å². The Kier molecular flexibility index (Phi) is 6.88. The Hall–Kier alpha value is -3.14. The summed E-state index contributed by atoms with van der Waals surface area (Å²) in [6.07, 6.45) is 0. The molecular weight excluding hydrogens is 416 g/mol. The molecule has 0 radical (unpaired) electrons.